The Morgan fingerprint density at radius 1 is 0.667 bits per heavy atom. The van der Waals surface area contributed by atoms with Crippen molar-refractivity contribution in [1.29, 1.82) is 0 Å². The minimum Gasteiger partial charge on any atom is -0.444 e. The minimum absolute atomic E-state index is 0.0554. The highest BCUT2D eigenvalue weighted by Crippen LogP contribution is 2.30. The number of rotatable bonds is 13. The van der Waals surface area contributed by atoms with Gasteiger partial charge in [-0.1, -0.05) is 146 Å². The number of benzene rings is 5. The van der Waals surface area contributed by atoms with E-state index in [1.165, 1.54) is 0 Å². The minimum atomic E-state index is -1.16. The van der Waals surface area contributed by atoms with E-state index in [0.29, 0.717) is 17.5 Å². The molecule has 0 spiro atoms. The molecule has 0 aliphatic heterocycles. The van der Waals surface area contributed by atoms with E-state index in [9.17, 15) is 14.4 Å². The summed E-state index contributed by atoms with van der Waals surface area (Å²) in [5.41, 5.74) is 11.1. The molecule has 5 rings (SSSR count). The molecule has 7 heteroatoms. The maximum atomic E-state index is 14.7. The summed E-state index contributed by atoms with van der Waals surface area (Å²) in [6, 6.07) is 44.2. The molecule has 0 saturated heterocycles. The molecule has 0 radical (unpaired) electrons. The molecular formula is C41H41N3O4. The number of hydrogen-bond acceptors (Lipinski definition) is 5. The molecule has 3 amide bonds. The first-order valence-corrected chi connectivity index (χ1v) is 16.3. The summed E-state index contributed by atoms with van der Waals surface area (Å²) in [4.78, 5) is 44.0. The number of carbonyl (C=O) groups excluding carboxylic acids is 3. The fourth-order valence-electron chi connectivity index (χ4n) is 5.74. The van der Waals surface area contributed by atoms with Crippen LogP contribution in [0.3, 0.4) is 0 Å². The van der Waals surface area contributed by atoms with Crippen molar-refractivity contribution in [1.82, 2.24) is 10.2 Å². The third kappa shape index (κ3) is 8.63. The van der Waals surface area contributed by atoms with Crippen molar-refractivity contribution in [3.8, 4) is 11.1 Å². The predicted octanol–water partition coefficient (Wildman–Crippen LogP) is 7.64. The highest BCUT2D eigenvalue weighted by molar-refractivity contribution is 6.02. The first-order valence-electron chi connectivity index (χ1n) is 16.3. The Bertz CT molecular complexity index is 1710. The molecular weight excluding hydrogens is 598 g/mol. The molecule has 0 unspecified atom stereocenters. The third-order valence-electron chi connectivity index (χ3n) is 8.32. The maximum absolute atomic E-state index is 14.7. The Labute approximate surface area is 282 Å². The molecule has 48 heavy (non-hydrogen) atoms. The van der Waals surface area contributed by atoms with E-state index in [1.54, 1.807) is 0 Å². The van der Waals surface area contributed by atoms with Crippen LogP contribution in [-0.4, -0.2) is 35.4 Å². The zero-order valence-electron chi connectivity index (χ0n) is 27.1. The van der Waals surface area contributed by atoms with E-state index in [-0.39, 0.29) is 19.6 Å². The van der Waals surface area contributed by atoms with Crippen LogP contribution >= 0.6 is 0 Å². The van der Waals surface area contributed by atoms with Gasteiger partial charge >= 0.3 is 6.09 Å². The summed E-state index contributed by atoms with van der Waals surface area (Å²) < 4.78 is 5.74. The molecule has 0 aromatic heterocycles. The molecule has 0 fully saturated rings. The van der Waals surface area contributed by atoms with Crippen molar-refractivity contribution in [3.05, 3.63) is 168 Å². The number of nitrogens with one attached hydrogen (secondary N) is 1. The molecule has 7 nitrogen and oxygen atoms in total. The number of carbonyl (C=O) groups is 3. The fraction of sp³-hybridized carbons (Fsp3) is 0.195. The molecule has 0 saturated carbocycles. The number of hydrogen-bond donors (Lipinski definition) is 2. The van der Waals surface area contributed by atoms with Gasteiger partial charge in [-0.3, -0.25) is 9.59 Å². The zero-order chi connectivity index (χ0) is 33.7. The summed E-state index contributed by atoms with van der Waals surface area (Å²) >= 11 is 0. The van der Waals surface area contributed by atoms with Gasteiger partial charge in [-0.2, -0.15) is 0 Å². The van der Waals surface area contributed by atoms with Crippen LogP contribution in [0.2, 0.25) is 0 Å². The summed E-state index contributed by atoms with van der Waals surface area (Å²) in [6.45, 7) is 2.11. The molecule has 244 valence electrons. The molecule has 2 atom stereocenters. The Kier molecular flexibility index (Phi) is 11.9. The van der Waals surface area contributed by atoms with Gasteiger partial charge in [-0.15, -0.1) is 0 Å². The van der Waals surface area contributed by atoms with Crippen LogP contribution in [0.15, 0.2) is 146 Å². The number of imide groups is 1. The average molecular weight is 640 g/mol. The lowest BCUT2D eigenvalue weighted by molar-refractivity contribution is -0.139. The van der Waals surface area contributed by atoms with Crippen molar-refractivity contribution in [3.63, 3.8) is 0 Å². The van der Waals surface area contributed by atoms with Crippen molar-refractivity contribution < 1.29 is 19.1 Å². The van der Waals surface area contributed by atoms with Gasteiger partial charge < -0.3 is 15.8 Å². The van der Waals surface area contributed by atoms with Gasteiger partial charge in [0, 0.05) is 0 Å². The Morgan fingerprint density at radius 2 is 1.17 bits per heavy atom. The van der Waals surface area contributed by atoms with Crippen LogP contribution in [0, 0.1) is 0 Å². The number of nitrogens with two attached hydrogens (primary N) is 1. The Balaban J connectivity index is 1.47. The SMILES string of the molecule is C[C@H](NC(=O)[C@@H](CCCN)N(C(=O)OCc1ccccc1)C(=O)C(c1ccccc1)c1ccccc1)c1ccc(-c2ccccc2)cc1. The van der Waals surface area contributed by atoms with Crippen molar-refractivity contribution >= 4 is 17.9 Å². The Morgan fingerprint density at radius 3 is 1.71 bits per heavy atom. The second kappa shape index (κ2) is 16.9. The van der Waals surface area contributed by atoms with Gasteiger partial charge in [0.2, 0.25) is 11.8 Å². The summed E-state index contributed by atoms with van der Waals surface area (Å²) in [6.07, 6.45) is -0.308. The van der Waals surface area contributed by atoms with Gasteiger partial charge in [-0.25, -0.2) is 9.69 Å². The van der Waals surface area contributed by atoms with E-state index in [1.807, 2.05) is 153 Å². The molecule has 3 N–H and O–H groups in total. The quantitative estimate of drug-likeness (QED) is 0.138. The third-order valence-corrected chi connectivity index (χ3v) is 8.32. The number of ether oxygens (including phenoxy) is 1. The lowest BCUT2D eigenvalue weighted by Crippen LogP contribution is -2.54. The zero-order valence-corrected chi connectivity index (χ0v) is 27.1. The lowest BCUT2D eigenvalue weighted by atomic mass is 9.89. The summed E-state index contributed by atoms with van der Waals surface area (Å²) in [5, 5.41) is 3.07. The molecule has 0 aliphatic carbocycles. The summed E-state index contributed by atoms with van der Waals surface area (Å²) in [7, 11) is 0. The van der Waals surface area contributed by atoms with E-state index >= 15 is 0 Å². The first-order chi connectivity index (χ1) is 23.5. The standard InChI is InChI=1S/C41H41N3O4/c1-30(32-24-26-34(27-25-32)33-17-8-3-9-18-33)43-39(45)37(23-14-28-42)44(41(47)48-29-31-15-6-2-7-16-31)40(46)38(35-19-10-4-11-20-35)36-21-12-5-13-22-36/h2-13,15-22,24-27,30,37-38H,14,23,28-29,42H2,1H3,(H,43,45)/t30-,37+/m0/s1. The van der Waals surface area contributed by atoms with E-state index < -0.39 is 35.9 Å². The second-order valence-corrected chi connectivity index (χ2v) is 11.7. The van der Waals surface area contributed by atoms with Gasteiger partial charge in [-0.05, 0) is 59.7 Å². The van der Waals surface area contributed by atoms with E-state index in [2.05, 4.69) is 5.32 Å². The monoisotopic (exact) mass is 639 g/mol. The van der Waals surface area contributed by atoms with E-state index in [4.69, 9.17) is 10.5 Å². The highest BCUT2D eigenvalue weighted by Gasteiger charge is 2.40. The second-order valence-electron chi connectivity index (χ2n) is 11.7. The first kappa shape index (κ1) is 33.8. The predicted molar refractivity (Wildman–Crippen MR) is 189 cm³/mol. The van der Waals surface area contributed by atoms with E-state index in [0.717, 1.165) is 27.2 Å². The van der Waals surface area contributed by atoms with Crippen LogP contribution in [-0.2, 0) is 20.9 Å². The van der Waals surface area contributed by atoms with Crippen molar-refractivity contribution in [2.45, 2.75) is 44.4 Å². The van der Waals surface area contributed by atoms with Crippen LogP contribution in [0.5, 0.6) is 0 Å². The fourth-order valence-corrected chi connectivity index (χ4v) is 5.74. The van der Waals surface area contributed by atoms with Gasteiger partial charge in [0.25, 0.3) is 0 Å². The van der Waals surface area contributed by atoms with Gasteiger partial charge in [0.05, 0.1) is 12.0 Å². The normalized spacial score (nSPS) is 12.1. The van der Waals surface area contributed by atoms with Gasteiger partial charge in [0.15, 0.2) is 0 Å². The number of nitrogens with zero attached hydrogens (tertiary/aromatic N) is 1. The molecule has 0 bridgehead atoms. The van der Waals surface area contributed by atoms with Crippen LogP contribution in [0.4, 0.5) is 4.79 Å². The van der Waals surface area contributed by atoms with Crippen LogP contribution in [0.25, 0.3) is 11.1 Å². The molecule has 5 aromatic rings. The molecule has 5 aromatic carbocycles. The maximum Gasteiger partial charge on any atom is 0.417 e. The molecule has 0 heterocycles. The molecule has 0 aliphatic rings. The highest BCUT2D eigenvalue weighted by atomic mass is 16.6. The average Bonchev–Trinajstić information content (AvgIpc) is 3.14. The largest absolute Gasteiger partial charge is 0.444 e. The smallest absolute Gasteiger partial charge is 0.417 e. The summed E-state index contributed by atoms with van der Waals surface area (Å²) in [5.74, 6) is -1.87. The van der Waals surface area contributed by atoms with Crippen molar-refractivity contribution in [2.75, 3.05) is 6.54 Å². The van der Waals surface area contributed by atoms with Gasteiger partial charge in [0.1, 0.15) is 12.6 Å². The lowest BCUT2D eigenvalue weighted by Gasteiger charge is -2.32. The number of amides is 3. The van der Waals surface area contributed by atoms with Crippen LogP contribution < -0.4 is 11.1 Å². The Hall–Kier alpha value is -5.53. The van der Waals surface area contributed by atoms with Crippen LogP contribution in [0.1, 0.15) is 54.0 Å². The van der Waals surface area contributed by atoms with Crippen molar-refractivity contribution in [2.24, 2.45) is 5.73 Å². The topological polar surface area (TPSA) is 102 Å².